The van der Waals surface area contributed by atoms with Crippen LogP contribution in [0.2, 0.25) is 0 Å². The normalized spacial score (nSPS) is 10.7. The van der Waals surface area contributed by atoms with E-state index in [4.69, 9.17) is 9.15 Å². The van der Waals surface area contributed by atoms with Crippen LogP contribution in [0.5, 0.6) is 5.75 Å². The first kappa shape index (κ1) is 15.2. The molecule has 0 spiro atoms. The topological polar surface area (TPSA) is 42.7 Å². The van der Waals surface area contributed by atoms with Crippen LogP contribution >= 0.6 is 0 Å². The van der Waals surface area contributed by atoms with Crippen LogP contribution in [-0.4, -0.2) is 20.7 Å². The SMILES string of the molecule is COc1ccc2c(N(C)CCc3ccccc3)cc(=O)oc2c1. The van der Waals surface area contributed by atoms with E-state index in [1.807, 2.05) is 37.4 Å². The summed E-state index contributed by atoms with van der Waals surface area (Å²) in [5, 5.41) is 0.904. The smallest absolute Gasteiger partial charge is 0.338 e. The van der Waals surface area contributed by atoms with Gasteiger partial charge in [-0.05, 0) is 24.1 Å². The molecule has 0 saturated heterocycles. The van der Waals surface area contributed by atoms with Crippen molar-refractivity contribution in [2.24, 2.45) is 0 Å². The molecule has 0 unspecified atom stereocenters. The van der Waals surface area contributed by atoms with E-state index in [1.165, 1.54) is 5.56 Å². The quantitative estimate of drug-likeness (QED) is 0.677. The Labute approximate surface area is 134 Å². The first-order valence-corrected chi connectivity index (χ1v) is 7.54. The van der Waals surface area contributed by atoms with Crippen LogP contribution in [0, 0.1) is 0 Å². The number of methoxy groups -OCH3 is 1. The minimum Gasteiger partial charge on any atom is -0.497 e. The maximum atomic E-state index is 11.8. The Hall–Kier alpha value is -2.75. The van der Waals surface area contributed by atoms with Crippen molar-refractivity contribution in [2.75, 3.05) is 25.6 Å². The van der Waals surface area contributed by atoms with Crippen molar-refractivity contribution in [3.05, 3.63) is 70.6 Å². The second kappa shape index (κ2) is 6.57. The third-order valence-corrected chi connectivity index (χ3v) is 3.92. The van der Waals surface area contributed by atoms with Gasteiger partial charge in [-0.3, -0.25) is 0 Å². The van der Waals surface area contributed by atoms with Crippen LogP contribution in [0.25, 0.3) is 11.0 Å². The molecule has 0 N–H and O–H groups in total. The van der Waals surface area contributed by atoms with Crippen LogP contribution < -0.4 is 15.3 Å². The van der Waals surface area contributed by atoms with Gasteiger partial charge in [0.2, 0.25) is 0 Å². The van der Waals surface area contributed by atoms with Gasteiger partial charge >= 0.3 is 5.63 Å². The van der Waals surface area contributed by atoms with E-state index in [9.17, 15) is 4.79 Å². The van der Waals surface area contributed by atoms with E-state index < -0.39 is 0 Å². The molecule has 1 aromatic heterocycles. The number of likely N-dealkylation sites (N-methyl/N-ethyl adjacent to an activating group) is 1. The highest BCUT2D eigenvalue weighted by Gasteiger charge is 2.10. The van der Waals surface area contributed by atoms with Crippen LogP contribution in [0.4, 0.5) is 5.69 Å². The monoisotopic (exact) mass is 309 g/mol. The molecule has 0 saturated carbocycles. The maximum Gasteiger partial charge on any atom is 0.338 e. The lowest BCUT2D eigenvalue weighted by Gasteiger charge is -2.20. The zero-order valence-corrected chi connectivity index (χ0v) is 13.3. The van der Waals surface area contributed by atoms with E-state index >= 15 is 0 Å². The molecule has 3 rings (SSSR count). The third-order valence-electron chi connectivity index (χ3n) is 3.92. The summed E-state index contributed by atoms with van der Waals surface area (Å²) < 4.78 is 10.5. The molecule has 1 heterocycles. The second-order valence-corrected chi connectivity index (χ2v) is 5.47. The van der Waals surface area contributed by atoms with Crippen LogP contribution in [0.1, 0.15) is 5.56 Å². The molecule has 0 aliphatic rings. The van der Waals surface area contributed by atoms with Gasteiger partial charge in [0.1, 0.15) is 11.3 Å². The summed E-state index contributed by atoms with van der Waals surface area (Å²) in [6, 6.07) is 17.4. The Bertz CT molecular complexity index is 855. The zero-order valence-electron chi connectivity index (χ0n) is 13.3. The number of nitrogens with zero attached hydrogens (tertiary/aromatic N) is 1. The molecular formula is C19H19NO3. The van der Waals surface area contributed by atoms with Gasteiger partial charge in [0.05, 0.1) is 12.8 Å². The Morgan fingerprint density at radius 2 is 1.87 bits per heavy atom. The minimum absolute atomic E-state index is 0.354. The molecular weight excluding hydrogens is 290 g/mol. The molecule has 4 nitrogen and oxygen atoms in total. The van der Waals surface area contributed by atoms with Gasteiger partial charge in [0.25, 0.3) is 0 Å². The fourth-order valence-electron chi connectivity index (χ4n) is 2.63. The molecule has 4 heteroatoms. The average Bonchev–Trinajstić information content (AvgIpc) is 2.59. The lowest BCUT2D eigenvalue weighted by atomic mass is 10.1. The van der Waals surface area contributed by atoms with Gasteiger partial charge in [-0.15, -0.1) is 0 Å². The molecule has 3 aromatic rings. The van der Waals surface area contributed by atoms with Crippen molar-refractivity contribution in [3.63, 3.8) is 0 Å². The zero-order chi connectivity index (χ0) is 16.2. The van der Waals surface area contributed by atoms with Gasteiger partial charge in [-0.25, -0.2) is 4.79 Å². The average molecular weight is 309 g/mol. The highest BCUT2D eigenvalue weighted by Crippen LogP contribution is 2.27. The standard InChI is InChI=1S/C19H19NO3/c1-20(11-10-14-6-4-3-5-7-14)17-13-19(21)23-18-12-15(22-2)8-9-16(17)18/h3-9,12-13H,10-11H2,1-2H3. The van der Waals surface area contributed by atoms with Crippen LogP contribution in [0.3, 0.4) is 0 Å². The Balaban J connectivity index is 1.90. The van der Waals surface area contributed by atoms with Gasteiger partial charge in [-0.1, -0.05) is 30.3 Å². The summed E-state index contributed by atoms with van der Waals surface area (Å²) in [5.41, 5.74) is 2.33. The Kier molecular flexibility index (Phi) is 4.33. The molecule has 23 heavy (non-hydrogen) atoms. The number of rotatable bonds is 5. The van der Waals surface area contributed by atoms with Crippen molar-refractivity contribution >= 4 is 16.7 Å². The summed E-state index contributed by atoms with van der Waals surface area (Å²) in [6.07, 6.45) is 0.912. The summed E-state index contributed by atoms with van der Waals surface area (Å²) in [4.78, 5) is 13.9. The van der Waals surface area contributed by atoms with Gasteiger partial charge in [-0.2, -0.15) is 0 Å². The lowest BCUT2D eigenvalue weighted by Crippen LogP contribution is -2.21. The number of hydrogen-bond donors (Lipinski definition) is 0. The highest BCUT2D eigenvalue weighted by atomic mass is 16.5. The molecule has 0 fully saturated rings. The van der Waals surface area contributed by atoms with Crippen molar-refractivity contribution in [3.8, 4) is 5.75 Å². The van der Waals surface area contributed by atoms with Gasteiger partial charge < -0.3 is 14.1 Å². The molecule has 0 amide bonds. The molecule has 0 aliphatic heterocycles. The fraction of sp³-hybridized carbons (Fsp3) is 0.211. The van der Waals surface area contributed by atoms with Gasteiger partial charge in [0, 0.05) is 31.1 Å². The predicted molar refractivity (Wildman–Crippen MR) is 92.5 cm³/mol. The molecule has 0 atom stereocenters. The van der Waals surface area contributed by atoms with Crippen molar-refractivity contribution in [1.29, 1.82) is 0 Å². The largest absolute Gasteiger partial charge is 0.497 e. The number of anilines is 1. The summed E-state index contributed by atoms with van der Waals surface area (Å²) in [7, 11) is 3.58. The Morgan fingerprint density at radius 1 is 1.09 bits per heavy atom. The number of benzene rings is 2. The summed E-state index contributed by atoms with van der Waals surface area (Å²) in [5.74, 6) is 0.671. The molecule has 2 aromatic carbocycles. The molecule has 0 radical (unpaired) electrons. The Morgan fingerprint density at radius 3 is 2.61 bits per heavy atom. The summed E-state index contributed by atoms with van der Waals surface area (Å²) in [6.45, 7) is 0.814. The minimum atomic E-state index is -0.354. The second-order valence-electron chi connectivity index (χ2n) is 5.47. The molecule has 0 bridgehead atoms. The van der Waals surface area contributed by atoms with Crippen molar-refractivity contribution in [1.82, 2.24) is 0 Å². The fourth-order valence-corrected chi connectivity index (χ4v) is 2.63. The first-order valence-electron chi connectivity index (χ1n) is 7.54. The summed E-state index contributed by atoms with van der Waals surface area (Å²) >= 11 is 0. The van der Waals surface area contributed by atoms with Crippen LogP contribution in [-0.2, 0) is 6.42 Å². The number of fused-ring (bicyclic) bond motifs is 1. The van der Waals surface area contributed by atoms with Crippen LogP contribution in [0.15, 0.2) is 63.8 Å². The van der Waals surface area contributed by atoms with E-state index in [0.717, 1.165) is 24.0 Å². The maximum absolute atomic E-state index is 11.8. The van der Waals surface area contributed by atoms with E-state index in [0.29, 0.717) is 11.3 Å². The van der Waals surface area contributed by atoms with E-state index in [2.05, 4.69) is 17.0 Å². The predicted octanol–water partition coefficient (Wildman–Crippen LogP) is 3.48. The lowest BCUT2D eigenvalue weighted by molar-refractivity contribution is 0.414. The number of ether oxygens (including phenoxy) is 1. The van der Waals surface area contributed by atoms with E-state index in [-0.39, 0.29) is 5.63 Å². The highest BCUT2D eigenvalue weighted by molar-refractivity contribution is 5.90. The van der Waals surface area contributed by atoms with Gasteiger partial charge in [0.15, 0.2) is 0 Å². The third kappa shape index (κ3) is 3.37. The molecule has 0 aliphatic carbocycles. The van der Waals surface area contributed by atoms with Crippen molar-refractivity contribution in [2.45, 2.75) is 6.42 Å². The van der Waals surface area contributed by atoms with E-state index in [1.54, 1.807) is 19.2 Å². The first-order chi connectivity index (χ1) is 11.2. The molecule has 118 valence electrons. The van der Waals surface area contributed by atoms with Crippen molar-refractivity contribution < 1.29 is 9.15 Å². The number of hydrogen-bond acceptors (Lipinski definition) is 4.